The van der Waals surface area contributed by atoms with Crippen LogP contribution < -0.4 is 20.8 Å². The number of hydrogen-bond donors (Lipinski definition) is 3. The van der Waals surface area contributed by atoms with Gasteiger partial charge in [-0.1, -0.05) is 33.6 Å². The van der Waals surface area contributed by atoms with E-state index in [1.54, 1.807) is 48.5 Å². The van der Waals surface area contributed by atoms with Crippen LogP contribution in [0.3, 0.4) is 0 Å². The summed E-state index contributed by atoms with van der Waals surface area (Å²) in [5.41, 5.74) is 5.14. The van der Waals surface area contributed by atoms with Crippen LogP contribution in [0.2, 0.25) is 0 Å². The Morgan fingerprint density at radius 2 is 1.45 bits per heavy atom. The van der Waals surface area contributed by atoms with Crippen molar-refractivity contribution in [2.75, 3.05) is 17.2 Å². The molecule has 8 nitrogen and oxygen atoms in total. The van der Waals surface area contributed by atoms with Crippen LogP contribution in [0, 0.1) is 6.92 Å². The molecule has 0 aliphatic heterocycles. The van der Waals surface area contributed by atoms with E-state index in [1.807, 2.05) is 31.2 Å². The van der Waals surface area contributed by atoms with Gasteiger partial charge in [-0.25, -0.2) is 5.43 Å². The average Bonchev–Trinajstić information content (AvgIpc) is 2.81. The molecule has 3 aromatic rings. The molecule has 3 rings (SSSR count). The minimum Gasteiger partial charge on any atom is -0.484 e. The Hall–Kier alpha value is -3.98. The summed E-state index contributed by atoms with van der Waals surface area (Å²) < 4.78 is 6.33. The van der Waals surface area contributed by atoms with Crippen LogP contribution in [0.15, 0.2) is 82.4 Å². The highest BCUT2D eigenvalue weighted by molar-refractivity contribution is 9.10. The number of halogens is 1. The van der Waals surface area contributed by atoms with E-state index in [-0.39, 0.29) is 12.5 Å². The first-order valence-corrected chi connectivity index (χ1v) is 10.7. The molecule has 168 valence electrons. The van der Waals surface area contributed by atoms with Gasteiger partial charge in [0.2, 0.25) is 0 Å². The molecule has 0 aliphatic rings. The summed E-state index contributed by atoms with van der Waals surface area (Å²) in [6.07, 6.45) is 1.39. The van der Waals surface area contributed by atoms with Gasteiger partial charge < -0.3 is 15.4 Å². The van der Waals surface area contributed by atoms with Crippen LogP contribution in [0.25, 0.3) is 0 Å². The molecule has 3 aromatic carbocycles. The number of carbonyl (C=O) groups is 3. The molecule has 0 aromatic heterocycles. The van der Waals surface area contributed by atoms with Gasteiger partial charge in [0.15, 0.2) is 6.61 Å². The van der Waals surface area contributed by atoms with Crippen LogP contribution in [0.4, 0.5) is 11.4 Å². The predicted octanol–water partition coefficient (Wildman–Crippen LogP) is 3.86. The topological polar surface area (TPSA) is 109 Å². The molecule has 0 bridgehead atoms. The number of anilines is 2. The first kappa shape index (κ1) is 23.7. The van der Waals surface area contributed by atoms with E-state index in [0.717, 1.165) is 10.0 Å². The summed E-state index contributed by atoms with van der Waals surface area (Å²) >= 11 is 3.29. The highest BCUT2D eigenvalue weighted by Gasteiger charge is 2.12. The number of amides is 3. The summed E-state index contributed by atoms with van der Waals surface area (Å²) in [5, 5.41) is 9.00. The van der Waals surface area contributed by atoms with Crippen molar-refractivity contribution in [2.24, 2.45) is 5.10 Å². The zero-order valence-corrected chi connectivity index (χ0v) is 19.3. The second kappa shape index (κ2) is 11.6. The summed E-state index contributed by atoms with van der Waals surface area (Å²) in [6, 6.07) is 21.0. The zero-order valence-electron chi connectivity index (χ0n) is 17.7. The van der Waals surface area contributed by atoms with Gasteiger partial charge in [-0.2, -0.15) is 5.10 Å². The van der Waals surface area contributed by atoms with Gasteiger partial charge in [0.25, 0.3) is 5.91 Å². The second-order valence-corrected chi connectivity index (χ2v) is 7.85. The Bertz CT molecular complexity index is 1140. The third-order valence-corrected chi connectivity index (χ3v) is 4.80. The third kappa shape index (κ3) is 7.89. The van der Waals surface area contributed by atoms with Crippen molar-refractivity contribution in [1.29, 1.82) is 0 Å². The minimum absolute atomic E-state index is 0.134. The van der Waals surface area contributed by atoms with Gasteiger partial charge in [-0.3, -0.25) is 14.4 Å². The van der Waals surface area contributed by atoms with Crippen LogP contribution in [0.1, 0.15) is 11.1 Å². The molecule has 0 atom stereocenters. The van der Waals surface area contributed by atoms with Crippen molar-refractivity contribution in [2.45, 2.75) is 6.92 Å². The van der Waals surface area contributed by atoms with Crippen molar-refractivity contribution >= 4 is 51.2 Å². The lowest BCUT2D eigenvalue weighted by atomic mass is 10.2. The van der Waals surface area contributed by atoms with E-state index in [1.165, 1.54) is 6.21 Å². The van der Waals surface area contributed by atoms with E-state index >= 15 is 0 Å². The maximum absolute atomic E-state index is 12.0. The van der Waals surface area contributed by atoms with Gasteiger partial charge in [0.1, 0.15) is 5.75 Å². The van der Waals surface area contributed by atoms with Crippen LogP contribution in [-0.4, -0.2) is 30.5 Å². The highest BCUT2D eigenvalue weighted by atomic mass is 79.9. The zero-order chi connectivity index (χ0) is 23.6. The van der Waals surface area contributed by atoms with Crippen LogP contribution in [-0.2, 0) is 14.4 Å². The second-order valence-electron chi connectivity index (χ2n) is 6.93. The van der Waals surface area contributed by atoms with E-state index in [9.17, 15) is 14.4 Å². The Balaban J connectivity index is 1.42. The first-order valence-electron chi connectivity index (χ1n) is 9.88. The van der Waals surface area contributed by atoms with Gasteiger partial charge in [-0.05, 0) is 73.2 Å². The monoisotopic (exact) mass is 508 g/mol. The highest BCUT2D eigenvalue weighted by Crippen LogP contribution is 2.14. The fourth-order valence-corrected chi connectivity index (χ4v) is 2.83. The van der Waals surface area contributed by atoms with E-state index in [4.69, 9.17) is 4.74 Å². The van der Waals surface area contributed by atoms with Gasteiger partial charge in [-0.15, -0.1) is 0 Å². The lowest BCUT2D eigenvalue weighted by Gasteiger charge is -2.08. The maximum Gasteiger partial charge on any atom is 0.329 e. The summed E-state index contributed by atoms with van der Waals surface area (Å²) in [4.78, 5) is 35.7. The molecule has 0 saturated carbocycles. The molecule has 3 amide bonds. The normalized spacial score (nSPS) is 10.5. The number of hydrazone groups is 1. The Morgan fingerprint density at radius 1 is 0.848 bits per heavy atom. The quantitative estimate of drug-likeness (QED) is 0.255. The number of benzene rings is 3. The van der Waals surface area contributed by atoms with Crippen LogP contribution in [0.5, 0.6) is 5.75 Å². The number of nitrogens with one attached hydrogen (secondary N) is 3. The Morgan fingerprint density at radius 3 is 2.12 bits per heavy atom. The largest absolute Gasteiger partial charge is 0.484 e. The molecule has 0 aliphatic carbocycles. The molecule has 0 spiro atoms. The lowest BCUT2D eigenvalue weighted by molar-refractivity contribution is -0.136. The number of ether oxygens (including phenoxy) is 1. The summed E-state index contributed by atoms with van der Waals surface area (Å²) in [5.74, 6) is -1.49. The number of carbonyl (C=O) groups excluding carboxylic acids is 3. The Labute approximate surface area is 199 Å². The Kier molecular flexibility index (Phi) is 8.31. The lowest BCUT2D eigenvalue weighted by Crippen LogP contribution is -2.32. The molecule has 3 N–H and O–H groups in total. The van der Waals surface area contributed by atoms with Gasteiger partial charge in [0, 0.05) is 15.8 Å². The van der Waals surface area contributed by atoms with E-state index < -0.39 is 11.8 Å². The number of aryl methyl sites for hydroxylation is 1. The van der Waals surface area contributed by atoms with E-state index in [0.29, 0.717) is 22.7 Å². The van der Waals surface area contributed by atoms with Crippen molar-refractivity contribution in [3.63, 3.8) is 0 Å². The SMILES string of the molecule is Cc1ccc(NC(=O)COc2ccc(/C=N\NC(=O)C(=O)Nc3ccc(Br)cc3)cc2)cc1. The van der Waals surface area contributed by atoms with Crippen molar-refractivity contribution < 1.29 is 19.1 Å². The average molecular weight is 509 g/mol. The summed E-state index contributed by atoms with van der Waals surface area (Å²) in [7, 11) is 0. The van der Waals surface area contributed by atoms with Crippen molar-refractivity contribution in [3.8, 4) is 5.75 Å². The van der Waals surface area contributed by atoms with Crippen molar-refractivity contribution in [1.82, 2.24) is 5.43 Å². The van der Waals surface area contributed by atoms with Crippen LogP contribution >= 0.6 is 15.9 Å². The maximum atomic E-state index is 12.0. The van der Waals surface area contributed by atoms with E-state index in [2.05, 4.69) is 37.1 Å². The molecular formula is C24H21BrN4O4. The van der Waals surface area contributed by atoms with Gasteiger partial charge in [0.05, 0.1) is 6.21 Å². The molecular weight excluding hydrogens is 488 g/mol. The van der Waals surface area contributed by atoms with Crippen molar-refractivity contribution in [3.05, 3.63) is 88.4 Å². The fraction of sp³-hybridized carbons (Fsp3) is 0.0833. The van der Waals surface area contributed by atoms with Gasteiger partial charge >= 0.3 is 11.8 Å². The number of rotatable bonds is 7. The molecule has 0 fully saturated rings. The third-order valence-electron chi connectivity index (χ3n) is 4.27. The smallest absolute Gasteiger partial charge is 0.329 e. The molecule has 0 saturated heterocycles. The predicted molar refractivity (Wildman–Crippen MR) is 130 cm³/mol. The minimum atomic E-state index is -0.895. The molecule has 0 unspecified atom stereocenters. The fourth-order valence-electron chi connectivity index (χ4n) is 2.57. The first-order chi connectivity index (χ1) is 15.9. The standard InChI is InChI=1S/C24H21BrN4O4/c1-16-2-8-19(9-3-16)27-22(30)15-33-21-12-4-17(5-13-21)14-26-29-24(32)23(31)28-20-10-6-18(25)7-11-20/h2-14H,15H2,1H3,(H,27,30)(H,28,31)(H,29,32)/b26-14-. The molecule has 0 heterocycles. The summed E-state index contributed by atoms with van der Waals surface area (Å²) in [6.45, 7) is 1.84. The molecule has 0 radical (unpaired) electrons. The molecule has 33 heavy (non-hydrogen) atoms. The number of hydrogen-bond acceptors (Lipinski definition) is 5. The molecule has 9 heteroatoms. The number of nitrogens with zero attached hydrogens (tertiary/aromatic N) is 1.